The maximum Gasteiger partial charge on any atom is 3.00 e. The van der Waals surface area contributed by atoms with Gasteiger partial charge in [-0.05, 0) is 42.3 Å². The van der Waals surface area contributed by atoms with Crippen LogP contribution in [0.3, 0.4) is 0 Å². The molecular weight excluding hydrogens is 464 g/mol. The number of imidazole rings is 1. The van der Waals surface area contributed by atoms with Crippen LogP contribution in [0.15, 0.2) is 18.2 Å². The van der Waals surface area contributed by atoms with E-state index in [9.17, 15) is 0 Å². The van der Waals surface area contributed by atoms with Crippen LogP contribution >= 0.6 is 0 Å². The molecule has 3 radical (unpaired) electrons. The molecule has 0 bridgehead atoms. The van der Waals surface area contributed by atoms with Crippen LogP contribution in [0.25, 0.3) is 11.0 Å². The molecule has 32 heavy (non-hydrogen) atoms. The molecule has 1 atom stereocenters. The second-order valence-corrected chi connectivity index (χ2v) is 5.56. The van der Waals surface area contributed by atoms with Gasteiger partial charge >= 0.3 is 32.7 Å². The summed E-state index contributed by atoms with van der Waals surface area (Å²) in [6.45, 7) is 29.1. The number of aromatic amines is 1. The summed E-state index contributed by atoms with van der Waals surface area (Å²) in [6.07, 6.45) is 3.28. The van der Waals surface area contributed by atoms with E-state index in [0.717, 1.165) is 28.7 Å². The van der Waals surface area contributed by atoms with E-state index in [-0.39, 0.29) is 63.4 Å². The van der Waals surface area contributed by atoms with E-state index in [1.807, 2.05) is 74.8 Å². The van der Waals surface area contributed by atoms with Gasteiger partial charge in [0.15, 0.2) is 0 Å². The number of hydrogen-bond acceptors (Lipinski definition) is 1. The van der Waals surface area contributed by atoms with E-state index in [0.29, 0.717) is 0 Å². The Morgan fingerprint density at radius 1 is 0.906 bits per heavy atom. The number of rotatable bonds is 3. The average molecular weight is 526 g/mol. The molecule has 2 aromatic rings. The van der Waals surface area contributed by atoms with Gasteiger partial charge in [0, 0.05) is 8.41 Å². The summed E-state index contributed by atoms with van der Waals surface area (Å²) in [4.78, 5) is 7.58. The number of aromatic nitrogens is 2. The van der Waals surface area contributed by atoms with E-state index in [1.54, 1.807) is 0 Å². The molecule has 0 saturated carbocycles. The zero-order chi connectivity index (χ0) is 22.4. The molecule has 0 aliphatic rings. The number of H-pyrrole nitrogens is 1. The average Bonchev–Trinajstić information content (AvgIpc) is 3.16. The molecule has 0 saturated heterocycles. The van der Waals surface area contributed by atoms with E-state index < -0.39 is 0 Å². The van der Waals surface area contributed by atoms with Crippen LogP contribution in [0.4, 0.5) is 0 Å². The van der Waals surface area contributed by atoms with Crippen molar-refractivity contribution < 1.29 is 32.7 Å². The van der Waals surface area contributed by atoms with Crippen LogP contribution in [0.2, 0.25) is 0 Å². The molecule has 1 unspecified atom stereocenters. The zero-order valence-electron chi connectivity index (χ0n) is 24.3. The Hall–Kier alpha value is -0.271. The summed E-state index contributed by atoms with van der Waals surface area (Å²) in [5, 5.41) is 0. The van der Waals surface area contributed by atoms with E-state index in [2.05, 4.69) is 56.7 Å². The van der Waals surface area contributed by atoms with Crippen LogP contribution in [-0.2, 0) is 32.7 Å². The Balaban J connectivity index is -0.0000000336. The molecule has 1 heterocycles. The van der Waals surface area contributed by atoms with Crippen molar-refractivity contribution in [2.24, 2.45) is 11.8 Å². The van der Waals surface area contributed by atoms with Crippen LogP contribution in [-0.4, -0.2) is 18.4 Å². The summed E-state index contributed by atoms with van der Waals surface area (Å²) in [7, 11) is 0. The normalized spacial score (nSPS) is 7.97. The quantitative estimate of drug-likeness (QED) is 0.313. The minimum Gasteiger partial charge on any atom is -0.368 e. The van der Waals surface area contributed by atoms with Gasteiger partial charge in [0.25, 0.3) is 0 Å². The number of fused-ring (bicyclic) bond motifs is 1. The van der Waals surface area contributed by atoms with Crippen LogP contribution in [0.1, 0.15) is 115 Å². The van der Waals surface area contributed by atoms with Crippen molar-refractivity contribution in [1.82, 2.24) is 9.97 Å². The molecule has 1 aromatic carbocycles. The van der Waals surface area contributed by atoms with Crippen molar-refractivity contribution in [3.05, 3.63) is 50.9 Å². The van der Waals surface area contributed by atoms with Gasteiger partial charge in [-0.3, -0.25) is 4.98 Å². The molecule has 0 fully saturated rings. The first-order chi connectivity index (χ1) is 13.0. The standard InChI is InChI=1S/C10H11N2.C7H16.4C2H6.CH4.2CH3.B.Y/c1-3-10-11-8-5-4-7(2)6-9(8)12-10;1-5-7(4)6(2)3;4*1-2;;;;;/h3-6H,1-2H3,(H,11,12);6-7H,5H2,1-4H3;4*1-2H3;1H4;2*1H3;;/q-1;;;;;;;2*-1;;+3. The molecule has 0 aliphatic heterocycles. The SMILES string of the molecule is C.CC.CC.CC.CC.CCC(C)C(C)C.C[CH-]c1nc2ccc(C)cc2[nH]1.[B].[CH3-].[CH3-].[Y+3]. The number of aryl methyl sites for hydroxylation is 1. The minimum atomic E-state index is 0. The number of nitrogens with zero attached hydrogens (tertiary/aromatic N) is 1. The fraction of sp³-hybridized carbons (Fsp3) is 0.643. The van der Waals surface area contributed by atoms with Gasteiger partial charge in [-0.1, -0.05) is 103 Å². The third kappa shape index (κ3) is 29.7. The molecule has 4 heteroatoms. The van der Waals surface area contributed by atoms with Crippen molar-refractivity contribution in [2.75, 3.05) is 0 Å². The molecular formula is C28H61BN2Y. The largest absolute Gasteiger partial charge is 3.00 e. The molecule has 0 aliphatic carbocycles. The summed E-state index contributed by atoms with van der Waals surface area (Å²) < 4.78 is 0. The number of benzene rings is 1. The predicted molar refractivity (Wildman–Crippen MR) is 155 cm³/mol. The molecule has 0 amide bonds. The Labute approximate surface area is 234 Å². The van der Waals surface area contributed by atoms with E-state index >= 15 is 0 Å². The van der Waals surface area contributed by atoms with Gasteiger partial charge in [-0.2, -0.15) is 6.92 Å². The summed E-state index contributed by atoms with van der Waals surface area (Å²) >= 11 is 0. The Morgan fingerprint density at radius 3 is 1.59 bits per heavy atom. The van der Waals surface area contributed by atoms with E-state index in [1.165, 1.54) is 12.0 Å². The summed E-state index contributed by atoms with van der Waals surface area (Å²) in [5.41, 5.74) is 3.41. The fourth-order valence-electron chi connectivity index (χ4n) is 1.75. The molecule has 1 N–H and O–H groups in total. The molecule has 189 valence electrons. The maximum atomic E-state index is 4.36. The second kappa shape index (κ2) is 44.4. The van der Waals surface area contributed by atoms with Crippen molar-refractivity contribution in [2.45, 2.75) is 111 Å². The zero-order valence-corrected chi connectivity index (χ0v) is 27.1. The van der Waals surface area contributed by atoms with Gasteiger partial charge in [0.05, 0.1) is 11.0 Å². The smallest absolute Gasteiger partial charge is 0.368 e. The fourth-order valence-corrected chi connectivity index (χ4v) is 1.75. The third-order valence-electron chi connectivity index (χ3n) is 3.71. The van der Waals surface area contributed by atoms with Crippen molar-refractivity contribution in [1.29, 1.82) is 0 Å². The number of nitrogens with one attached hydrogen (secondary N) is 1. The molecule has 2 rings (SSSR count). The monoisotopic (exact) mass is 525 g/mol. The van der Waals surface area contributed by atoms with Gasteiger partial charge in [0.1, 0.15) is 0 Å². The predicted octanol–water partition coefficient (Wildman–Crippen LogP) is 10.4. The Morgan fingerprint density at radius 2 is 1.31 bits per heavy atom. The van der Waals surface area contributed by atoms with Gasteiger partial charge in [0.2, 0.25) is 0 Å². The summed E-state index contributed by atoms with van der Waals surface area (Å²) in [6, 6.07) is 6.21. The van der Waals surface area contributed by atoms with Crippen LogP contribution in [0.5, 0.6) is 0 Å². The van der Waals surface area contributed by atoms with Gasteiger partial charge in [-0.15, -0.1) is 0 Å². The third-order valence-corrected chi connectivity index (χ3v) is 3.71. The van der Waals surface area contributed by atoms with Crippen molar-refractivity contribution in [3.63, 3.8) is 0 Å². The van der Waals surface area contributed by atoms with Gasteiger partial charge in [-0.25, -0.2) is 0 Å². The topological polar surface area (TPSA) is 28.7 Å². The van der Waals surface area contributed by atoms with Crippen LogP contribution < -0.4 is 0 Å². The van der Waals surface area contributed by atoms with Gasteiger partial charge < -0.3 is 26.3 Å². The molecule has 2 nitrogen and oxygen atoms in total. The summed E-state index contributed by atoms with van der Waals surface area (Å²) in [5.74, 6) is 2.71. The number of hydrogen-bond donors (Lipinski definition) is 1. The first-order valence-corrected chi connectivity index (χ1v) is 11.2. The maximum absolute atomic E-state index is 4.36. The van der Waals surface area contributed by atoms with Crippen molar-refractivity contribution in [3.8, 4) is 0 Å². The second-order valence-electron chi connectivity index (χ2n) is 5.56. The Bertz CT molecular complexity index is 511. The first kappa shape index (κ1) is 58.0. The van der Waals surface area contributed by atoms with Crippen molar-refractivity contribution >= 4 is 19.4 Å². The van der Waals surface area contributed by atoms with E-state index in [4.69, 9.17) is 0 Å². The molecule has 0 spiro atoms. The first-order valence-electron chi connectivity index (χ1n) is 11.2. The minimum absolute atomic E-state index is 0. The van der Waals surface area contributed by atoms with Crippen LogP contribution in [0, 0.1) is 40.0 Å². The molecule has 1 aromatic heterocycles. The Kier molecular flexibility index (Phi) is 80.5.